The molecule has 0 aliphatic heterocycles. The van der Waals surface area contributed by atoms with E-state index in [9.17, 15) is 9.50 Å². The van der Waals surface area contributed by atoms with Crippen LogP contribution in [0.2, 0.25) is 0 Å². The van der Waals surface area contributed by atoms with E-state index in [1.165, 1.54) is 12.1 Å². The highest BCUT2D eigenvalue weighted by Crippen LogP contribution is 2.32. The maximum Gasteiger partial charge on any atom is 0.188 e. The summed E-state index contributed by atoms with van der Waals surface area (Å²) in [5.74, 6) is 1.62. The molecule has 8 heteroatoms. The summed E-state index contributed by atoms with van der Waals surface area (Å²) in [5.41, 5.74) is 7.22. The lowest BCUT2D eigenvalue weighted by atomic mass is 9.83. The highest BCUT2D eigenvalue weighted by molar-refractivity contribution is 5.85. The number of nitrogens with zero attached hydrogens (tertiary/aromatic N) is 3. The zero-order chi connectivity index (χ0) is 20.2. The molecule has 4 rings (SSSR count). The number of aliphatic hydroxyl groups is 1. The largest absolute Gasteiger partial charge is 0.485 e. The fourth-order valence-corrected chi connectivity index (χ4v) is 3.77. The lowest BCUT2D eigenvalue weighted by Crippen LogP contribution is -2.40. The Morgan fingerprint density at radius 3 is 2.67 bits per heavy atom. The third kappa shape index (κ3) is 5.36. The predicted molar refractivity (Wildman–Crippen MR) is 114 cm³/mol. The van der Waals surface area contributed by atoms with Crippen LogP contribution in [0.5, 0.6) is 5.75 Å². The van der Waals surface area contributed by atoms with Crippen LogP contribution >= 0.6 is 12.4 Å². The molecule has 1 saturated carbocycles. The van der Waals surface area contributed by atoms with Crippen LogP contribution in [0.3, 0.4) is 0 Å². The van der Waals surface area contributed by atoms with Crippen molar-refractivity contribution in [1.29, 1.82) is 0 Å². The summed E-state index contributed by atoms with van der Waals surface area (Å²) in [4.78, 5) is 4.72. The minimum Gasteiger partial charge on any atom is -0.485 e. The second-order valence-corrected chi connectivity index (χ2v) is 7.52. The number of aromatic nitrogens is 3. The molecule has 0 bridgehead atoms. The molecule has 0 saturated heterocycles. The van der Waals surface area contributed by atoms with E-state index in [2.05, 4.69) is 5.10 Å². The molecule has 3 atom stereocenters. The summed E-state index contributed by atoms with van der Waals surface area (Å²) >= 11 is 0. The zero-order valence-corrected chi connectivity index (χ0v) is 17.3. The summed E-state index contributed by atoms with van der Waals surface area (Å²) in [6, 6.07) is 15.8. The number of rotatable bonds is 6. The lowest BCUT2D eigenvalue weighted by Gasteiger charge is -2.30. The summed E-state index contributed by atoms with van der Waals surface area (Å²) < 4.78 is 20.9. The molecule has 1 aliphatic carbocycles. The smallest absolute Gasteiger partial charge is 0.188 e. The van der Waals surface area contributed by atoms with Gasteiger partial charge in [0.1, 0.15) is 24.0 Å². The van der Waals surface area contributed by atoms with Crippen molar-refractivity contribution in [2.45, 2.75) is 50.5 Å². The Bertz CT molecular complexity index is 953. The minimum atomic E-state index is -0.465. The molecule has 1 aromatic heterocycles. The molecule has 0 unspecified atom stereocenters. The third-order valence-electron chi connectivity index (χ3n) is 5.31. The number of hydrogen-bond acceptors (Lipinski definition) is 5. The molecule has 1 heterocycles. The third-order valence-corrected chi connectivity index (χ3v) is 5.31. The Morgan fingerprint density at radius 1 is 1.13 bits per heavy atom. The number of hydrogen-bond donors (Lipinski definition) is 2. The van der Waals surface area contributed by atoms with E-state index in [1.54, 1.807) is 12.1 Å². The van der Waals surface area contributed by atoms with E-state index >= 15 is 0 Å². The van der Waals surface area contributed by atoms with Gasteiger partial charge in [-0.15, -0.1) is 12.4 Å². The van der Waals surface area contributed by atoms with Crippen molar-refractivity contribution in [3.63, 3.8) is 0 Å². The average Bonchev–Trinajstić information content (AvgIpc) is 3.12. The number of aliphatic hydroxyl groups excluding tert-OH is 1. The van der Waals surface area contributed by atoms with Crippen molar-refractivity contribution >= 4 is 12.4 Å². The fourth-order valence-electron chi connectivity index (χ4n) is 3.77. The molecule has 6 nitrogen and oxygen atoms in total. The first-order valence-electron chi connectivity index (χ1n) is 9.88. The van der Waals surface area contributed by atoms with E-state index in [0.29, 0.717) is 31.0 Å². The topological polar surface area (TPSA) is 86.2 Å². The molecule has 0 spiro atoms. The van der Waals surface area contributed by atoms with Crippen LogP contribution in [0.25, 0.3) is 0 Å². The normalized spacial score (nSPS) is 21.1. The Hall–Kier alpha value is -2.48. The van der Waals surface area contributed by atoms with E-state index in [4.69, 9.17) is 15.5 Å². The molecular formula is C22H26ClFN4O2. The van der Waals surface area contributed by atoms with Gasteiger partial charge in [0.05, 0.1) is 12.6 Å². The number of ether oxygens (including phenoxy) is 1. The van der Waals surface area contributed by atoms with Gasteiger partial charge in [-0.1, -0.05) is 36.4 Å². The van der Waals surface area contributed by atoms with Crippen molar-refractivity contribution in [2.24, 2.45) is 5.73 Å². The molecule has 30 heavy (non-hydrogen) atoms. The van der Waals surface area contributed by atoms with Gasteiger partial charge in [-0.05, 0) is 37.0 Å². The number of halogens is 2. The first kappa shape index (κ1) is 22.2. The first-order valence-corrected chi connectivity index (χ1v) is 9.88. The Kier molecular flexibility index (Phi) is 7.42. The maximum absolute atomic E-state index is 13.4. The summed E-state index contributed by atoms with van der Waals surface area (Å²) in [7, 11) is 0. The minimum absolute atomic E-state index is 0. The molecule has 2 aromatic carbocycles. The van der Waals surface area contributed by atoms with Gasteiger partial charge in [0.2, 0.25) is 0 Å². The summed E-state index contributed by atoms with van der Waals surface area (Å²) in [5, 5.41) is 14.6. The SMILES string of the molecule is Cl.N[C@@H]1C[C@@H](c2nc(COc3cccc(F)c3)nn2Cc2ccccc2)CC[C@H]1O. The van der Waals surface area contributed by atoms with Gasteiger partial charge >= 0.3 is 0 Å². The van der Waals surface area contributed by atoms with Crippen molar-refractivity contribution in [1.82, 2.24) is 14.8 Å². The number of nitrogens with two attached hydrogens (primary N) is 1. The van der Waals surface area contributed by atoms with Gasteiger partial charge in [-0.25, -0.2) is 14.1 Å². The van der Waals surface area contributed by atoms with Gasteiger partial charge in [0.25, 0.3) is 0 Å². The molecule has 160 valence electrons. The van der Waals surface area contributed by atoms with Crippen LogP contribution in [0.4, 0.5) is 4.39 Å². The van der Waals surface area contributed by atoms with Gasteiger partial charge in [-0.2, -0.15) is 5.10 Å². The average molecular weight is 433 g/mol. The van der Waals surface area contributed by atoms with E-state index < -0.39 is 6.10 Å². The monoisotopic (exact) mass is 432 g/mol. The van der Waals surface area contributed by atoms with Crippen LogP contribution in [0.15, 0.2) is 54.6 Å². The second-order valence-electron chi connectivity index (χ2n) is 7.52. The van der Waals surface area contributed by atoms with Crippen LogP contribution in [0, 0.1) is 5.82 Å². The van der Waals surface area contributed by atoms with Crippen molar-refractivity contribution in [2.75, 3.05) is 0 Å². The molecule has 1 aliphatic rings. The van der Waals surface area contributed by atoms with Gasteiger partial charge < -0.3 is 15.6 Å². The highest BCUT2D eigenvalue weighted by Gasteiger charge is 2.31. The van der Waals surface area contributed by atoms with E-state index in [1.807, 2.05) is 35.0 Å². The van der Waals surface area contributed by atoms with Crippen LogP contribution < -0.4 is 10.5 Å². The zero-order valence-electron chi connectivity index (χ0n) is 16.5. The summed E-state index contributed by atoms with van der Waals surface area (Å²) in [6.45, 7) is 0.747. The molecule has 3 aromatic rings. The second kappa shape index (κ2) is 10.0. The van der Waals surface area contributed by atoms with E-state index in [0.717, 1.165) is 17.8 Å². The standard InChI is InChI=1S/C22H25FN4O2.ClH/c23-17-7-4-8-18(12-17)29-14-21-25-22(16-9-10-20(28)19(24)11-16)27(26-21)13-15-5-2-1-3-6-15;/h1-8,12,16,19-20,28H,9-11,13-14,24H2;1H/t16-,19+,20+;/m0./s1. The molecule has 0 radical (unpaired) electrons. The summed E-state index contributed by atoms with van der Waals surface area (Å²) in [6.07, 6.45) is 1.66. The van der Waals surface area contributed by atoms with Crippen molar-refractivity contribution < 1.29 is 14.2 Å². The molecule has 3 N–H and O–H groups in total. The van der Waals surface area contributed by atoms with Crippen LogP contribution in [-0.2, 0) is 13.2 Å². The van der Waals surface area contributed by atoms with Crippen LogP contribution in [0.1, 0.15) is 42.4 Å². The van der Waals surface area contributed by atoms with Crippen molar-refractivity contribution in [3.8, 4) is 5.75 Å². The lowest BCUT2D eigenvalue weighted by molar-refractivity contribution is 0.0985. The quantitative estimate of drug-likeness (QED) is 0.623. The molecule has 1 fully saturated rings. The van der Waals surface area contributed by atoms with Crippen LogP contribution in [-0.4, -0.2) is 32.0 Å². The van der Waals surface area contributed by atoms with Crippen molar-refractivity contribution in [3.05, 3.63) is 77.6 Å². The predicted octanol–water partition coefficient (Wildman–Crippen LogP) is 3.42. The molecule has 0 amide bonds. The molecular weight excluding hydrogens is 407 g/mol. The Morgan fingerprint density at radius 2 is 1.93 bits per heavy atom. The fraction of sp³-hybridized carbons (Fsp3) is 0.364. The first-order chi connectivity index (χ1) is 14.1. The Labute approximate surface area is 181 Å². The number of benzene rings is 2. The highest BCUT2D eigenvalue weighted by atomic mass is 35.5. The van der Waals surface area contributed by atoms with Gasteiger partial charge in [0, 0.05) is 18.0 Å². The van der Waals surface area contributed by atoms with Gasteiger partial charge in [-0.3, -0.25) is 0 Å². The maximum atomic E-state index is 13.4. The Balaban J connectivity index is 0.00000256. The van der Waals surface area contributed by atoms with Gasteiger partial charge in [0.15, 0.2) is 5.82 Å². The van der Waals surface area contributed by atoms with E-state index in [-0.39, 0.29) is 36.8 Å².